The van der Waals surface area contributed by atoms with E-state index in [1.165, 1.54) is 0 Å². The zero-order valence-corrected chi connectivity index (χ0v) is 18.5. The second-order valence-corrected chi connectivity index (χ2v) is 11.1. The van der Waals surface area contributed by atoms with Crippen LogP contribution in [0.3, 0.4) is 0 Å². The van der Waals surface area contributed by atoms with E-state index in [4.69, 9.17) is 0 Å². The number of hydrogen-bond acceptors (Lipinski definition) is 4. The van der Waals surface area contributed by atoms with Crippen molar-refractivity contribution in [1.29, 1.82) is 0 Å². The molecular weight excluding hydrogens is 370 g/mol. The third kappa shape index (κ3) is 4.09. The fourth-order valence-electron chi connectivity index (χ4n) is 6.18. The van der Waals surface area contributed by atoms with Gasteiger partial charge in [-0.15, -0.1) is 11.8 Å². The summed E-state index contributed by atoms with van der Waals surface area (Å²) >= 11 is 1.80. The highest BCUT2D eigenvalue weighted by Gasteiger charge is 2.47. The van der Waals surface area contributed by atoms with E-state index in [1.807, 2.05) is 7.05 Å². The van der Waals surface area contributed by atoms with E-state index >= 15 is 0 Å². The van der Waals surface area contributed by atoms with Gasteiger partial charge in [-0.1, -0.05) is 6.92 Å². The molecule has 0 aromatic carbocycles. The summed E-state index contributed by atoms with van der Waals surface area (Å²) in [4.78, 5) is 28.0. The molecule has 3 heterocycles. The summed E-state index contributed by atoms with van der Waals surface area (Å²) in [6, 6.07) is 1.14. The van der Waals surface area contributed by atoms with Crippen molar-refractivity contribution in [1.82, 2.24) is 15.5 Å². The Hall–Kier alpha value is -0.750. The molecule has 8 atom stereocenters. The van der Waals surface area contributed by atoms with Crippen molar-refractivity contribution >= 4 is 23.6 Å². The molecule has 4 fully saturated rings. The van der Waals surface area contributed by atoms with E-state index in [1.54, 1.807) is 11.8 Å². The van der Waals surface area contributed by atoms with E-state index < -0.39 is 0 Å². The van der Waals surface area contributed by atoms with Crippen molar-refractivity contribution in [2.75, 3.05) is 19.3 Å². The number of carbonyl (C=O) groups is 2. The molecule has 28 heavy (non-hydrogen) atoms. The Morgan fingerprint density at radius 2 is 2.00 bits per heavy atom. The Balaban J connectivity index is 1.41. The third-order valence-electron chi connectivity index (χ3n) is 7.93. The van der Waals surface area contributed by atoms with Gasteiger partial charge in [-0.05, 0) is 75.4 Å². The lowest BCUT2D eigenvalue weighted by Gasteiger charge is -2.50. The largest absolute Gasteiger partial charge is 0.352 e. The zero-order valence-electron chi connectivity index (χ0n) is 17.7. The van der Waals surface area contributed by atoms with Crippen LogP contribution in [0.4, 0.5) is 0 Å². The van der Waals surface area contributed by atoms with Crippen LogP contribution in [0.25, 0.3) is 0 Å². The number of nitrogens with one attached hydrogen (secondary N) is 2. The average molecular weight is 408 g/mol. The molecule has 0 aromatic heterocycles. The van der Waals surface area contributed by atoms with Crippen LogP contribution < -0.4 is 10.6 Å². The summed E-state index contributed by atoms with van der Waals surface area (Å²) < 4.78 is 0. The van der Waals surface area contributed by atoms with Gasteiger partial charge in [0.2, 0.25) is 11.8 Å². The van der Waals surface area contributed by atoms with E-state index in [0.717, 1.165) is 57.2 Å². The first-order valence-corrected chi connectivity index (χ1v) is 12.4. The minimum Gasteiger partial charge on any atom is -0.352 e. The highest BCUT2D eigenvalue weighted by atomic mass is 32.2. The summed E-state index contributed by atoms with van der Waals surface area (Å²) in [5, 5.41) is 7.11. The number of hydrogen-bond donors (Lipinski definition) is 2. The van der Waals surface area contributed by atoms with Gasteiger partial charge in [0.05, 0.1) is 5.25 Å². The first kappa shape index (κ1) is 20.5. The molecule has 3 aliphatic heterocycles. The van der Waals surface area contributed by atoms with Crippen LogP contribution >= 0.6 is 11.8 Å². The lowest BCUT2D eigenvalue weighted by molar-refractivity contribution is -0.148. The lowest BCUT2D eigenvalue weighted by Crippen LogP contribution is -2.60. The van der Waals surface area contributed by atoms with Gasteiger partial charge in [0.15, 0.2) is 0 Å². The predicted octanol–water partition coefficient (Wildman–Crippen LogP) is 2.65. The molecule has 1 saturated carbocycles. The van der Waals surface area contributed by atoms with Gasteiger partial charge in [-0.25, -0.2) is 0 Å². The number of fused-ring (bicyclic) bond motifs is 1. The van der Waals surface area contributed by atoms with E-state index in [-0.39, 0.29) is 23.1 Å². The van der Waals surface area contributed by atoms with Crippen LogP contribution in [-0.4, -0.2) is 59.4 Å². The van der Waals surface area contributed by atoms with Crippen molar-refractivity contribution in [2.45, 2.75) is 82.2 Å². The molecule has 0 bridgehead atoms. The molecule has 4 aliphatic rings. The highest BCUT2D eigenvalue weighted by Crippen LogP contribution is 2.43. The van der Waals surface area contributed by atoms with Crippen molar-refractivity contribution in [2.24, 2.45) is 23.7 Å². The molecule has 5 nitrogen and oxygen atoms in total. The lowest BCUT2D eigenvalue weighted by atomic mass is 9.65. The molecule has 8 unspecified atom stereocenters. The number of piperidine rings is 2. The van der Waals surface area contributed by atoms with Crippen molar-refractivity contribution < 1.29 is 9.59 Å². The third-order valence-corrected chi connectivity index (χ3v) is 9.31. The van der Waals surface area contributed by atoms with Crippen LogP contribution in [-0.2, 0) is 9.59 Å². The Labute approximate surface area is 174 Å². The molecule has 3 saturated heterocycles. The van der Waals surface area contributed by atoms with Crippen LogP contribution in [0.15, 0.2) is 0 Å². The number of likely N-dealkylation sites (tertiary alicyclic amines) is 1. The fourth-order valence-corrected chi connectivity index (χ4v) is 7.35. The summed E-state index contributed by atoms with van der Waals surface area (Å²) in [5.41, 5.74) is 0. The molecular formula is C22H37N3O2S. The Bertz CT molecular complexity index is 594. The van der Waals surface area contributed by atoms with Gasteiger partial charge in [-0.2, -0.15) is 0 Å². The number of thioether (sulfide) groups is 1. The SMILES string of the molecule is CC1CC2C(CN1)CC(C1CC(NC(=O)C3CCCS3)CCC1C)C(=O)N2C. The van der Waals surface area contributed by atoms with Gasteiger partial charge in [0, 0.05) is 37.6 Å². The standard InChI is InChI=1S/C22H37N3O2S/c1-13-6-7-16(24-21(26)20-5-4-8-28-20)11-17(13)18-10-15-12-23-14(2)9-19(15)25(3)22(18)27/h13-20,23H,4-12H2,1-3H3,(H,24,26). The number of rotatable bonds is 3. The minimum absolute atomic E-state index is 0.122. The Kier molecular flexibility index (Phi) is 6.26. The zero-order chi connectivity index (χ0) is 19.8. The molecule has 6 heteroatoms. The van der Waals surface area contributed by atoms with Crippen molar-refractivity contribution in [3.63, 3.8) is 0 Å². The molecule has 158 valence electrons. The summed E-state index contributed by atoms with van der Waals surface area (Å²) in [6.45, 7) is 5.57. The van der Waals surface area contributed by atoms with E-state index in [0.29, 0.717) is 35.7 Å². The van der Waals surface area contributed by atoms with Gasteiger partial charge < -0.3 is 15.5 Å². The van der Waals surface area contributed by atoms with Gasteiger partial charge >= 0.3 is 0 Å². The normalized spacial score (nSPS) is 44.2. The number of amides is 2. The summed E-state index contributed by atoms with van der Waals surface area (Å²) in [5.74, 6) is 3.34. The first-order valence-electron chi connectivity index (χ1n) is 11.4. The molecule has 1 aliphatic carbocycles. The maximum atomic E-state index is 13.3. The fraction of sp³-hybridized carbons (Fsp3) is 0.909. The molecule has 2 N–H and O–H groups in total. The molecule has 0 radical (unpaired) electrons. The van der Waals surface area contributed by atoms with Crippen LogP contribution in [0.5, 0.6) is 0 Å². The maximum Gasteiger partial charge on any atom is 0.233 e. The first-order chi connectivity index (χ1) is 13.4. The summed E-state index contributed by atoms with van der Waals surface area (Å²) in [6.07, 6.45) is 7.40. The van der Waals surface area contributed by atoms with Crippen molar-refractivity contribution in [3.8, 4) is 0 Å². The quantitative estimate of drug-likeness (QED) is 0.755. The van der Waals surface area contributed by atoms with Crippen LogP contribution in [0.1, 0.15) is 58.8 Å². The van der Waals surface area contributed by atoms with Gasteiger partial charge in [0.25, 0.3) is 0 Å². The minimum atomic E-state index is 0.122. The smallest absolute Gasteiger partial charge is 0.233 e. The second kappa shape index (κ2) is 8.55. The van der Waals surface area contributed by atoms with Crippen LogP contribution in [0, 0.1) is 23.7 Å². The van der Waals surface area contributed by atoms with E-state index in [9.17, 15) is 9.59 Å². The molecule has 4 rings (SSSR count). The average Bonchev–Trinajstić information content (AvgIpc) is 3.22. The Morgan fingerprint density at radius 1 is 1.18 bits per heavy atom. The monoisotopic (exact) mass is 407 g/mol. The second-order valence-electron chi connectivity index (χ2n) is 9.83. The maximum absolute atomic E-state index is 13.3. The van der Waals surface area contributed by atoms with E-state index in [2.05, 4.69) is 29.4 Å². The number of carbonyl (C=O) groups excluding carboxylic acids is 2. The van der Waals surface area contributed by atoms with Gasteiger partial charge in [-0.3, -0.25) is 9.59 Å². The molecule has 0 aromatic rings. The molecule has 0 spiro atoms. The molecule has 2 amide bonds. The Morgan fingerprint density at radius 3 is 2.75 bits per heavy atom. The highest BCUT2D eigenvalue weighted by molar-refractivity contribution is 8.00. The predicted molar refractivity (Wildman–Crippen MR) is 114 cm³/mol. The number of nitrogens with zero attached hydrogens (tertiary/aromatic N) is 1. The van der Waals surface area contributed by atoms with Crippen LogP contribution in [0.2, 0.25) is 0 Å². The van der Waals surface area contributed by atoms with Gasteiger partial charge in [0.1, 0.15) is 0 Å². The van der Waals surface area contributed by atoms with Crippen molar-refractivity contribution in [3.05, 3.63) is 0 Å². The summed E-state index contributed by atoms with van der Waals surface area (Å²) in [7, 11) is 2.02. The topological polar surface area (TPSA) is 61.4 Å².